The van der Waals surface area contributed by atoms with Crippen LogP contribution in [0.25, 0.3) is 66.1 Å². The number of nitriles is 1. The second-order valence-corrected chi connectivity index (χ2v) is 13.8. The average molecular weight is 666 g/mol. The minimum absolute atomic E-state index is 0.214. The summed E-state index contributed by atoms with van der Waals surface area (Å²) in [4.78, 5) is 0. The molecule has 0 radical (unpaired) electrons. The van der Waals surface area contributed by atoms with E-state index in [9.17, 15) is 5.26 Å². The fraction of sp³-hybridized carbons (Fsp3) is 0.0816. The van der Waals surface area contributed by atoms with Crippen LogP contribution in [-0.2, 0) is 0 Å². The van der Waals surface area contributed by atoms with Gasteiger partial charge in [-0.15, -0.1) is 0 Å². The summed E-state index contributed by atoms with van der Waals surface area (Å²) in [6, 6.07) is 52.3. The molecule has 0 N–H and O–H groups in total. The molecule has 246 valence electrons. The minimum Gasteiger partial charge on any atom is -0.309 e. The Balaban J connectivity index is 1.17. The normalized spacial score (nSPS) is 15.9. The lowest BCUT2D eigenvalue weighted by molar-refractivity contribution is 0.797. The molecule has 6 aromatic carbocycles. The quantitative estimate of drug-likeness (QED) is 0.180. The molecule has 0 spiro atoms. The first-order valence-electron chi connectivity index (χ1n) is 18.2. The van der Waals surface area contributed by atoms with Crippen molar-refractivity contribution in [1.82, 2.24) is 9.13 Å². The van der Waals surface area contributed by atoms with E-state index in [1.165, 1.54) is 66.1 Å². The first kappa shape index (κ1) is 30.2. The van der Waals surface area contributed by atoms with Crippen molar-refractivity contribution in [3.8, 4) is 17.4 Å². The van der Waals surface area contributed by atoms with Crippen LogP contribution < -0.4 is 0 Å². The Labute approximate surface area is 303 Å². The van der Waals surface area contributed by atoms with Crippen LogP contribution in [0.3, 0.4) is 0 Å². The predicted molar refractivity (Wildman–Crippen MR) is 217 cm³/mol. The molecule has 0 bridgehead atoms. The molecule has 1 atom stereocenters. The van der Waals surface area contributed by atoms with Gasteiger partial charge in [-0.1, -0.05) is 121 Å². The number of hydrogen-bond donors (Lipinski definition) is 0. The van der Waals surface area contributed by atoms with Gasteiger partial charge in [0.25, 0.3) is 0 Å². The van der Waals surface area contributed by atoms with Crippen LogP contribution in [0.15, 0.2) is 175 Å². The second-order valence-electron chi connectivity index (χ2n) is 13.8. The van der Waals surface area contributed by atoms with Crippen molar-refractivity contribution in [3.63, 3.8) is 0 Å². The highest BCUT2D eigenvalue weighted by atomic mass is 15.0. The lowest BCUT2D eigenvalue weighted by Crippen LogP contribution is -2.12. The maximum Gasteiger partial charge on any atom is 0.101 e. The SMILES string of the molecule is N#Cc1ccccc1-n1c2ccccc2c2cc(C3=CC=CCC3C3=C(c4cccc5c6ccccc6n(-c6ccccc6)c45)CCC=C3)ccc21. The van der Waals surface area contributed by atoms with Gasteiger partial charge in [0.2, 0.25) is 0 Å². The van der Waals surface area contributed by atoms with Gasteiger partial charge in [-0.05, 0) is 90.1 Å². The first-order valence-corrected chi connectivity index (χ1v) is 18.2. The Hall–Kier alpha value is -6.63. The molecule has 8 aromatic rings. The van der Waals surface area contributed by atoms with Gasteiger partial charge in [0.1, 0.15) is 6.07 Å². The van der Waals surface area contributed by atoms with Crippen LogP contribution in [0, 0.1) is 17.2 Å². The van der Waals surface area contributed by atoms with Gasteiger partial charge < -0.3 is 9.13 Å². The number of rotatable bonds is 5. The van der Waals surface area contributed by atoms with E-state index in [0.29, 0.717) is 5.56 Å². The topological polar surface area (TPSA) is 33.6 Å². The predicted octanol–water partition coefficient (Wildman–Crippen LogP) is 12.5. The number of allylic oxidation sites excluding steroid dienone is 8. The third-order valence-electron chi connectivity index (χ3n) is 11.0. The number of fused-ring (bicyclic) bond motifs is 6. The Kier molecular flexibility index (Phi) is 7.15. The largest absolute Gasteiger partial charge is 0.309 e. The van der Waals surface area contributed by atoms with Gasteiger partial charge >= 0.3 is 0 Å². The van der Waals surface area contributed by atoms with Crippen LogP contribution in [0.1, 0.15) is 36.0 Å². The van der Waals surface area contributed by atoms with Crippen molar-refractivity contribution in [2.75, 3.05) is 0 Å². The van der Waals surface area contributed by atoms with Gasteiger partial charge in [-0.2, -0.15) is 5.26 Å². The lowest BCUT2D eigenvalue weighted by Gasteiger charge is -2.28. The molecule has 3 heteroatoms. The van der Waals surface area contributed by atoms with Gasteiger partial charge in [0.15, 0.2) is 0 Å². The van der Waals surface area contributed by atoms with Crippen LogP contribution >= 0.6 is 0 Å². The van der Waals surface area contributed by atoms with E-state index in [2.05, 4.69) is 161 Å². The fourth-order valence-electron chi connectivity index (χ4n) is 8.80. The zero-order valence-electron chi connectivity index (χ0n) is 28.7. The van der Waals surface area contributed by atoms with Crippen molar-refractivity contribution in [3.05, 3.63) is 192 Å². The van der Waals surface area contributed by atoms with Crippen LogP contribution in [0.2, 0.25) is 0 Å². The summed E-state index contributed by atoms with van der Waals surface area (Å²) in [5.41, 5.74) is 14.2. The summed E-state index contributed by atoms with van der Waals surface area (Å²) < 4.78 is 4.71. The van der Waals surface area contributed by atoms with E-state index < -0.39 is 0 Å². The minimum atomic E-state index is 0.214. The summed E-state index contributed by atoms with van der Waals surface area (Å²) in [5.74, 6) is 0.214. The van der Waals surface area contributed by atoms with Gasteiger partial charge in [0.05, 0.1) is 33.3 Å². The lowest BCUT2D eigenvalue weighted by atomic mass is 9.76. The Morgan fingerprint density at radius 3 is 2.17 bits per heavy atom. The molecule has 0 fully saturated rings. The highest BCUT2D eigenvalue weighted by molar-refractivity contribution is 6.13. The van der Waals surface area contributed by atoms with E-state index in [-0.39, 0.29) is 5.92 Å². The molecule has 0 aliphatic heterocycles. The fourth-order valence-corrected chi connectivity index (χ4v) is 8.80. The van der Waals surface area contributed by atoms with Gasteiger partial charge in [-0.3, -0.25) is 0 Å². The van der Waals surface area contributed by atoms with Crippen LogP contribution in [0.5, 0.6) is 0 Å². The van der Waals surface area contributed by atoms with Crippen molar-refractivity contribution in [2.24, 2.45) is 5.92 Å². The summed E-state index contributed by atoms with van der Waals surface area (Å²) >= 11 is 0. The van der Waals surface area contributed by atoms with Crippen LogP contribution in [-0.4, -0.2) is 9.13 Å². The molecule has 0 amide bonds. The van der Waals surface area contributed by atoms with Crippen molar-refractivity contribution in [2.45, 2.75) is 19.3 Å². The standard InChI is InChI=1S/C49H35N3/c50-32-34-15-4-11-26-45(34)52-47-28-13-10-23-41(47)44-31-33(29-30-48(44)52)36-18-5-6-19-37(36)38-20-7-8-21-39(38)42-24-14-25-43-40-22-9-12-27-46(40)51(49(42)43)35-16-2-1-3-17-35/h1-7,9-18,20,22-31,37H,8,19,21H2. The average Bonchev–Trinajstić information content (AvgIpc) is 3.74. The Morgan fingerprint density at radius 1 is 0.615 bits per heavy atom. The maximum atomic E-state index is 10.0. The molecule has 3 nitrogen and oxygen atoms in total. The number of hydrogen-bond acceptors (Lipinski definition) is 1. The van der Waals surface area contributed by atoms with E-state index >= 15 is 0 Å². The third kappa shape index (κ3) is 4.65. The summed E-state index contributed by atoms with van der Waals surface area (Å²) in [5, 5.41) is 15.0. The molecule has 1 unspecified atom stereocenters. The molecule has 0 saturated carbocycles. The molecule has 2 heterocycles. The van der Waals surface area contributed by atoms with E-state index in [1.54, 1.807) is 0 Å². The summed E-state index contributed by atoms with van der Waals surface area (Å²) in [6.45, 7) is 0. The number of benzene rings is 6. The molecule has 52 heavy (non-hydrogen) atoms. The molecule has 2 aromatic heterocycles. The molecular formula is C49H35N3. The zero-order chi connectivity index (χ0) is 34.6. The molecular weight excluding hydrogens is 631 g/mol. The highest BCUT2D eigenvalue weighted by Crippen LogP contribution is 2.46. The number of para-hydroxylation sites is 5. The Morgan fingerprint density at radius 2 is 1.33 bits per heavy atom. The zero-order valence-corrected chi connectivity index (χ0v) is 28.7. The summed E-state index contributed by atoms with van der Waals surface area (Å²) in [7, 11) is 0. The third-order valence-corrected chi connectivity index (χ3v) is 11.0. The van der Waals surface area contributed by atoms with Crippen molar-refractivity contribution in [1.29, 1.82) is 5.26 Å². The van der Waals surface area contributed by atoms with E-state index in [0.717, 1.165) is 36.0 Å². The smallest absolute Gasteiger partial charge is 0.101 e. The molecule has 2 aliphatic carbocycles. The summed E-state index contributed by atoms with van der Waals surface area (Å²) in [6.07, 6.45) is 14.6. The monoisotopic (exact) mass is 665 g/mol. The molecule has 10 rings (SSSR count). The van der Waals surface area contributed by atoms with E-state index in [4.69, 9.17) is 0 Å². The van der Waals surface area contributed by atoms with Crippen LogP contribution in [0.4, 0.5) is 0 Å². The molecule has 0 saturated heterocycles. The van der Waals surface area contributed by atoms with Gasteiger partial charge in [0, 0.05) is 38.7 Å². The second kappa shape index (κ2) is 12.3. The van der Waals surface area contributed by atoms with Gasteiger partial charge in [-0.25, -0.2) is 0 Å². The first-order chi connectivity index (χ1) is 25.8. The molecule has 2 aliphatic rings. The Bertz CT molecular complexity index is 2880. The van der Waals surface area contributed by atoms with E-state index in [1.807, 2.05) is 24.3 Å². The highest BCUT2D eigenvalue weighted by Gasteiger charge is 2.27. The van der Waals surface area contributed by atoms with Crippen molar-refractivity contribution < 1.29 is 0 Å². The van der Waals surface area contributed by atoms with Crippen molar-refractivity contribution >= 4 is 54.8 Å². The number of aromatic nitrogens is 2. The number of nitrogens with zero attached hydrogens (tertiary/aromatic N) is 3. The maximum absolute atomic E-state index is 10.0.